The zero-order valence-electron chi connectivity index (χ0n) is 13.4. The molecule has 0 saturated heterocycles. The molecule has 5 heteroatoms. The lowest BCUT2D eigenvalue weighted by molar-refractivity contribution is -0.121. The zero-order chi connectivity index (χ0) is 17.4. The van der Waals surface area contributed by atoms with E-state index in [1.165, 1.54) is 6.07 Å². The van der Waals surface area contributed by atoms with Gasteiger partial charge < -0.3 is 5.11 Å². The lowest BCUT2D eigenvalue weighted by Crippen LogP contribution is -2.18. The molecule has 1 amide bonds. The minimum atomic E-state index is -0.312. The maximum absolute atomic E-state index is 13.5. The van der Waals surface area contributed by atoms with Gasteiger partial charge in [-0.2, -0.15) is 5.10 Å². The highest BCUT2D eigenvalue weighted by Gasteiger charge is 2.04. The third kappa shape index (κ3) is 5.35. The van der Waals surface area contributed by atoms with Gasteiger partial charge in [0.15, 0.2) is 0 Å². The van der Waals surface area contributed by atoms with Crippen molar-refractivity contribution in [2.24, 2.45) is 5.10 Å². The molecule has 0 atom stereocenters. The molecule has 4 nitrogen and oxygen atoms in total. The predicted molar refractivity (Wildman–Crippen MR) is 93.1 cm³/mol. The van der Waals surface area contributed by atoms with E-state index in [4.69, 9.17) is 0 Å². The number of hydrogen-bond acceptors (Lipinski definition) is 3. The summed E-state index contributed by atoms with van der Waals surface area (Å²) in [4.78, 5) is 11.8. The van der Waals surface area contributed by atoms with Crippen LogP contribution in [0.4, 0.5) is 4.39 Å². The van der Waals surface area contributed by atoms with Gasteiger partial charge in [0.25, 0.3) is 0 Å². The number of halogens is 1. The number of para-hydroxylation sites is 1. The maximum Gasteiger partial charge on any atom is 0.240 e. The van der Waals surface area contributed by atoms with Crippen LogP contribution in [0, 0.1) is 5.82 Å². The number of benzene rings is 2. The molecule has 0 unspecified atom stereocenters. The van der Waals surface area contributed by atoms with Crippen molar-refractivity contribution in [3.8, 4) is 5.75 Å². The van der Waals surface area contributed by atoms with Gasteiger partial charge >= 0.3 is 0 Å². The van der Waals surface area contributed by atoms with Gasteiger partial charge in [0, 0.05) is 12.0 Å². The number of allylic oxidation sites excluding steroid dienone is 1. The number of phenols is 1. The number of carbonyl (C=O) groups is 1. The van der Waals surface area contributed by atoms with E-state index in [-0.39, 0.29) is 23.9 Å². The molecule has 24 heavy (non-hydrogen) atoms. The Morgan fingerprint density at radius 3 is 2.67 bits per heavy atom. The third-order valence-corrected chi connectivity index (χ3v) is 3.38. The quantitative estimate of drug-likeness (QED) is 0.628. The minimum Gasteiger partial charge on any atom is -0.508 e. The highest BCUT2D eigenvalue weighted by Crippen LogP contribution is 2.17. The van der Waals surface area contributed by atoms with E-state index in [2.05, 4.69) is 10.5 Å². The summed E-state index contributed by atoms with van der Waals surface area (Å²) in [5, 5.41) is 13.6. The Labute approximate surface area is 140 Å². The number of aryl methyl sites for hydroxylation is 1. The summed E-state index contributed by atoms with van der Waals surface area (Å²) in [5.74, 6) is -0.386. The van der Waals surface area contributed by atoms with Crippen LogP contribution in [0.15, 0.2) is 59.7 Å². The molecule has 0 spiro atoms. The Morgan fingerprint density at radius 1 is 1.21 bits per heavy atom. The standard InChI is InChI=1S/C19H19FN2O2/c1-14(10-11-15-6-2-4-8-17(15)20)21-22-19(24)13-12-16-7-3-5-9-18(16)23/h2-11,23H,12-13H2,1H3,(H,22,24)/b11-10+,21-14-. The number of hydrogen-bond donors (Lipinski definition) is 2. The first kappa shape index (κ1) is 17.4. The fourth-order valence-electron chi connectivity index (χ4n) is 2.03. The summed E-state index contributed by atoms with van der Waals surface area (Å²) in [5.41, 5.74) is 4.17. The molecule has 124 valence electrons. The number of amides is 1. The van der Waals surface area contributed by atoms with Crippen molar-refractivity contribution in [1.29, 1.82) is 0 Å². The largest absolute Gasteiger partial charge is 0.508 e. The van der Waals surface area contributed by atoms with Crippen molar-refractivity contribution in [1.82, 2.24) is 5.43 Å². The molecule has 0 aromatic heterocycles. The molecule has 2 aromatic rings. The van der Waals surface area contributed by atoms with Gasteiger partial charge in [-0.25, -0.2) is 9.82 Å². The average Bonchev–Trinajstić information content (AvgIpc) is 2.58. The number of hydrazone groups is 1. The van der Waals surface area contributed by atoms with Crippen molar-refractivity contribution >= 4 is 17.7 Å². The fraction of sp³-hybridized carbons (Fsp3) is 0.158. The van der Waals surface area contributed by atoms with Crippen molar-refractivity contribution in [2.45, 2.75) is 19.8 Å². The van der Waals surface area contributed by atoms with E-state index in [0.29, 0.717) is 23.3 Å². The second-order valence-electron chi connectivity index (χ2n) is 5.27. The summed E-state index contributed by atoms with van der Waals surface area (Å²) in [6.45, 7) is 1.71. The second-order valence-corrected chi connectivity index (χ2v) is 5.27. The van der Waals surface area contributed by atoms with E-state index >= 15 is 0 Å². The molecule has 0 bridgehead atoms. The predicted octanol–water partition coefficient (Wildman–Crippen LogP) is 3.67. The number of nitrogens with zero attached hydrogens (tertiary/aromatic N) is 1. The fourth-order valence-corrected chi connectivity index (χ4v) is 2.03. The van der Waals surface area contributed by atoms with Crippen LogP contribution in [0.1, 0.15) is 24.5 Å². The van der Waals surface area contributed by atoms with Crippen LogP contribution < -0.4 is 5.43 Å². The van der Waals surface area contributed by atoms with Gasteiger partial charge in [-0.05, 0) is 37.1 Å². The van der Waals surface area contributed by atoms with Crippen molar-refractivity contribution in [3.63, 3.8) is 0 Å². The molecular weight excluding hydrogens is 307 g/mol. The molecule has 0 heterocycles. The van der Waals surface area contributed by atoms with E-state index in [9.17, 15) is 14.3 Å². The minimum absolute atomic E-state index is 0.179. The highest BCUT2D eigenvalue weighted by molar-refractivity contribution is 5.97. The average molecular weight is 326 g/mol. The van der Waals surface area contributed by atoms with Gasteiger partial charge in [-0.1, -0.05) is 42.5 Å². The molecule has 0 radical (unpaired) electrons. The van der Waals surface area contributed by atoms with E-state index in [1.54, 1.807) is 55.5 Å². The summed E-state index contributed by atoms with van der Waals surface area (Å²) >= 11 is 0. The number of carbonyl (C=O) groups excluding carboxylic acids is 1. The van der Waals surface area contributed by atoms with Crippen LogP contribution in [-0.2, 0) is 11.2 Å². The number of rotatable bonds is 6. The van der Waals surface area contributed by atoms with Crippen LogP contribution in [-0.4, -0.2) is 16.7 Å². The van der Waals surface area contributed by atoms with Crippen LogP contribution in [0.2, 0.25) is 0 Å². The Morgan fingerprint density at radius 2 is 1.92 bits per heavy atom. The molecular formula is C19H19FN2O2. The summed E-state index contributed by atoms with van der Waals surface area (Å²) < 4.78 is 13.5. The SMILES string of the molecule is CC(/C=C/c1ccccc1F)=N/NC(=O)CCc1ccccc1O. The Kier molecular flexibility index (Phi) is 6.25. The molecule has 0 saturated carbocycles. The van der Waals surface area contributed by atoms with Gasteiger partial charge in [-0.3, -0.25) is 4.79 Å². The van der Waals surface area contributed by atoms with Gasteiger partial charge in [0.1, 0.15) is 11.6 Å². The van der Waals surface area contributed by atoms with Crippen molar-refractivity contribution in [3.05, 3.63) is 71.6 Å². The molecule has 2 rings (SSSR count). The van der Waals surface area contributed by atoms with Crippen LogP contribution in [0.5, 0.6) is 5.75 Å². The van der Waals surface area contributed by atoms with Crippen molar-refractivity contribution < 1.29 is 14.3 Å². The normalized spacial score (nSPS) is 11.7. The molecule has 0 aliphatic heterocycles. The van der Waals surface area contributed by atoms with Crippen molar-refractivity contribution in [2.75, 3.05) is 0 Å². The first-order chi connectivity index (χ1) is 11.6. The lowest BCUT2D eigenvalue weighted by atomic mass is 10.1. The topological polar surface area (TPSA) is 61.7 Å². The summed E-state index contributed by atoms with van der Waals surface area (Å²) in [6.07, 6.45) is 3.87. The van der Waals surface area contributed by atoms with Gasteiger partial charge in [0.2, 0.25) is 5.91 Å². The number of nitrogens with one attached hydrogen (secondary N) is 1. The van der Waals surface area contributed by atoms with Gasteiger partial charge in [0.05, 0.1) is 5.71 Å². The second kappa shape index (κ2) is 8.62. The highest BCUT2D eigenvalue weighted by atomic mass is 19.1. The number of aromatic hydroxyl groups is 1. The van der Waals surface area contributed by atoms with Crippen LogP contribution in [0.3, 0.4) is 0 Å². The lowest BCUT2D eigenvalue weighted by Gasteiger charge is -2.03. The first-order valence-electron chi connectivity index (χ1n) is 7.59. The van der Waals surface area contributed by atoms with Crippen LogP contribution >= 0.6 is 0 Å². The van der Waals surface area contributed by atoms with E-state index in [1.807, 2.05) is 6.07 Å². The summed E-state index contributed by atoms with van der Waals surface area (Å²) in [7, 11) is 0. The monoisotopic (exact) mass is 326 g/mol. The Balaban J connectivity index is 1.84. The Hall–Kier alpha value is -2.95. The first-order valence-corrected chi connectivity index (χ1v) is 7.59. The Bertz CT molecular complexity index is 769. The molecule has 2 aromatic carbocycles. The van der Waals surface area contributed by atoms with Gasteiger partial charge in [-0.15, -0.1) is 0 Å². The molecule has 0 aliphatic rings. The van der Waals surface area contributed by atoms with Crippen LogP contribution in [0.25, 0.3) is 6.08 Å². The molecule has 0 fully saturated rings. The smallest absolute Gasteiger partial charge is 0.240 e. The third-order valence-electron chi connectivity index (χ3n) is 3.38. The van der Waals surface area contributed by atoms with E-state index < -0.39 is 0 Å². The molecule has 2 N–H and O–H groups in total. The maximum atomic E-state index is 13.5. The zero-order valence-corrected chi connectivity index (χ0v) is 13.4. The summed E-state index contributed by atoms with van der Waals surface area (Å²) in [6, 6.07) is 13.3. The number of phenolic OH excluding ortho intramolecular Hbond substituents is 1. The molecule has 0 aliphatic carbocycles. The van der Waals surface area contributed by atoms with E-state index in [0.717, 1.165) is 0 Å².